The number of carboxylic acids is 2. The quantitative estimate of drug-likeness (QED) is 0.245. The van der Waals surface area contributed by atoms with Gasteiger partial charge in [-0.15, -0.1) is 0 Å². The van der Waals surface area contributed by atoms with Crippen LogP contribution >= 0.6 is 0 Å². The van der Waals surface area contributed by atoms with E-state index < -0.39 is 11.9 Å². The predicted molar refractivity (Wildman–Crippen MR) is 132 cm³/mol. The molecule has 0 aromatic heterocycles. The van der Waals surface area contributed by atoms with Crippen LogP contribution in [0.5, 0.6) is 23.0 Å². The fourth-order valence-electron chi connectivity index (χ4n) is 2.90. The van der Waals surface area contributed by atoms with Crippen molar-refractivity contribution < 1.29 is 48.2 Å². The average molecular weight is 503 g/mol. The van der Waals surface area contributed by atoms with Gasteiger partial charge < -0.3 is 38.6 Å². The van der Waals surface area contributed by atoms with Crippen molar-refractivity contribution in [1.29, 1.82) is 0 Å². The van der Waals surface area contributed by atoms with Gasteiger partial charge in [0.1, 0.15) is 13.2 Å². The molecule has 0 amide bonds. The summed E-state index contributed by atoms with van der Waals surface area (Å²) in [7, 11) is 3.05. The molecule has 0 fully saturated rings. The van der Waals surface area contributed by atoms with Crippen molar-refractivity contribution in [2.75, 3.05) is 53.9 Å². The van der Waals surface area contributed by atoms with Gasteiger partial charge in [-0.1, -0.05) is 12.1 Å². The molecular weight excluding hydrogens is 472 g/mol. The first-order chi connectivity index (χ1) is 17.4. The summed E-state index contributed by atoms with van der Waals surface area (Å²) in [4.78, 5) is 21.4. The second-order valence-electron chi connectivity index (χ2n) is 7.09. The van der Waals surface area contributed by atoms with Crippen LogP contribution in [-0.4, -0.2) is 76.0 Å². The third-order valence-corrected chi connectivity index (χ3v) is 4.55. The van der Waals surface area contributed by atoms with Crippen LogP contribution in [0, 0.1) is 0 Å². The maximum absolute atomic E-state index is 10.7. The second-order valence-corrected chi connectivity index (χ2v) is 7.09. The molecule has 0 saturated carbocycles. The number of ether oxygens (including phenoxy) is 6. The van der Waals surface area contributed by atoms with Crippen LogP contribution in [0.25, 0.3) is 12.2 Å². The first-order valence-corrected chi connectivity index (χ1v) is 11.0. The Morgan fingerprint density at radius 2 is 1.03 bits per heavy atom. The van der Waals surface area contributed by atoms with Crippen molar-refractivity contribution in [3.63, 3.8) is 0 Å². The summed E-state index contributed by atoms with van der Waals surface area (Å²) in [6, 6.07) is 10.2. The van der Waals surface area contributed by atoms with Crippen molar-refractivity contribution in [2.45, 2.75) is 0 Å². The molecule has 0 bridgehead atoms. The molecule has 36 heavy (non-hydrogen) atoms. The maximum Gasteiger partial charge on any atom is 0.328 e. The van der Waals surface area contributed by atoms with Crippen LogP contribution in [0.3, 0.4) is 0 Å². The molecule has 10 nitrogen and oxygen atoms in total. The molecule has 0 aliphatic rings. The molecule has 2 aromatic rings. The van der Waals surface area contributed by atoms with Gasteiger partial charge in [0.15, 0.2) is 23.0 Å². The highest BCUT2D eigenvalue weighted by atomic mass is 16.6. The summed E-state index contributed by atoms with van der Waals surface area (Å²) in [6.45, 7) is 1.93. The fraction of sp³-hybridized carbons (Fsp3) is 0.308. The molecule has 0 heterocycles. The van der Waals surface area contributed by atoms with Crippen molar-refractivity contribution >= 4 is 24.1 Å². The first kappa shape index (κ1) is 28.2. The Morgan fingerprint density at radius 1 is 0.639 bits per heavy atom. The second kappa shape index (κ2) is 15.8. The Labute approximate surface area is 209 Å². The Hall–Kier alpha value is -4.02. The average Bonchev–Trinajstić information content (AvgIpc) is 2.87. The number of hydrogen-bond acceptors (Lipinski definition) is 8. The van der Waals surface area contributed by atoms with Crippen LogP contribution in [0.15, 0.2) is 48.6 Å². The van der Waals surface area contributed by atoms with Gasteiger partial charge in [-0.3, -0.25) is 0 Å². The molecule has 0 radical (unpaired) electrons. The van der Waals surface area contributed by atoms with Gasteiger partial charge >= 0.3 is 11.9 Å². The van der Waals surface area contributed by atoms with E-state index in [9.17, 15) is 9.59 Å². The number of carbonyl (C=O) groups is 2. The number of carboxylic acid groups (broad SMARTS) is 2. The summed E-state index contributed by atoms with van der Waals surface area (Å²) in [6.07, 6.45) is 5.03. The van der Waals surface area contributed by atoms with E-state index in [-0.39, 0.29) is 13.2 Å². The molecule has 0 unspecified atom stereocenters. The lowest BCUT2D eigenvalue weighted by Crippen LogP contribution is -2.13. The van der Waals surface area contributed by atoms with Crippen LogP contribution in [0.2, 0.25) is 0 Å². The minimum atomic E-state index is -1.03. The lowest BCUT2D eigenvalue weighted by molar-refractivity contribution is -0.132. The fourth-order valence-corrected chi connectivity index (χ4v) is 2.90. The van der Waals surface area contributed by atoms with Gasteiger partial charge in [0.05, 0.1) is 40.6 Å². The smallest absolute Gasteiger partial charge is 0.328 e. The van der Waals surface area contributed by atoms with Crippen LogP contribution in [-0.2, 0) is 19.1 Å². The normalized spacial score (nSPS) is 11.1. The lowest BCUT2D eigenvalue weighted by atomic mass is 10.2. The largest absolute Gasteiger partial charge is 0.493 e. The van der Waals surface area contributed by atoms with Gasteiger partial charge in [0.2, 0.25) is 0 Å². The third kappa shape index (κ3) is 10.5. The van der Waals surface area contributed by atoms with E-state index in [4.69, 9.17) is 38.6 Å². The Kier molecular flexibility index (Phi) is 12.4. The standard InChI is InChI=1S/C26H30O10/c1-31-21-7-3-19(5-9-25(27)28)17-23(21)35-15-13-33-11-12-34-14-16-36-24-18-20(6-10-26(29)30)4-8-22(24)32-2/h3-10,17-18H,11-16H2,1-2H3,(H,27,28)(H,29,30)/b9-5+,10-6+. The van der Waals surface area contributed by atoms with E-state index in [2.05, 4.69) is 0 Å². The van der Waals surface area contributed by atoms with E-state index in [0.29, 0.717) is 60.6 Å². The van der Waals surface area contributed by atoms with Crippen molar-refractivity contribution in [3.8, 4) is 23.0 Å². The summed E-state index contributed by atoms with van der Waals surface area (Å²) < 4.78 is 32.9. The summed E-state index contributed by atoms with van der Waals surface area (Å²) >= 11 is 0. The lowest BCUT2D eigenvalue weighted by Gasteiger charge is -2.12. The Bertz CT molecular complexity index is 962. The molecule has 2 rings (SSSR count). The first-order valence-electron chi connectivity index (χ1n) is 11.0. The molecule has 2 aromatic carbocycles. The predicted octanol–water partition coefficient (Wildman–Crippen LogP) is 3.39. The highest BCUT2D eigenvalue weighted by Gasteiger charge is 2.07. The minimum Gasteiger partial charge on any atom is -0.493 e. The Balaban J connectivity index is 1.65. The zero-order valence-electron chi connectivity index (χ0n) is 20.2. The molecule has 10 heteroatoms. The number of rotatable bonds is 17. The molecule has 194 valence electrons. The van der Waals surface area contributed by atoms with Crippen LogP contribution < -0.4 is 18.9 Å². The molecule has 0 saturated heterocycles. The highest BCUT2D eigenvalue weighted by molar-refractivity contribution is 5.86. The number of methoxy groups -OCH3 is 2. The zero-order chi connectivity index (χ0) is 26.2. The van der Waals surface area contributed by atoms with Crippen molar-refractivity contribution in [3.05, 3.63) is 59.7 Å². The van der Waals surface area contributed by atoms with E-state index in [0.717, 1.165) is 12.2 Å². The zero-order valence-corrected chi connectivity index (χ0v) is 20.2. The summed E-state index contributed by atoms with van der Waals surface area (Å²) in [5, 5.41) is 17.5. The van der Waals surface area contributed by atoms with E-state index in [1.165, 1.54) is 26.4 Å². The molecule has 0 aliphatic heterocycles. The van der Waals surface area contributed by atoms with Gasteiger partial charge in [0.25, 0.3) is 0 Å². The minimum absolute atomic E-state index is 0.276. The number of benzene rings is 2. The van der Waals surface area contributed by atoms with Crippen LogP contribution in [0.1, 0.15) is 11.1 Å². The molecular formula is C26H30O10. The van der Waals surface area contributed by atoms with Crippen LogP contribution in [0.4, 0.5) is 0 Å². The molecule has 2 N–H and O–H groups in total. The summed E-state index contributed by atoms with van der Waals surface area (Å²) in [5.41, 5.74) is 1.34. The third-order valence-electron chi connectivity index (χ3n) is 4.55. The van der Waals surface area contributed by atoms with Gasteiger partial charge in [-0.2, -0.15) is 0 Å². The Morgan fingerprint density at radius 3 is 1.39 bits per heavy atom. The van der Waals surface area contributed by atoms with E-state index in [1.807, 2.05) is 0 Å². The molecule has 0 atom stereocenters. The van der Waals surface area contributed by atoms with Gasteiger partial charge in [-0.25, -0.2) is 9.59 Å². The van der Waals surface area contributed by atoms with E-state index in [1.54, 1.807) is 36.4 Å². The maximum atomic E-state index is 10.7. The number of hydrogen-bond donors (Lipinski definition) is 2. The monoisotopic (exact) mass is 502 g/mol. The van der Waals surface area contributed by atoms with Gasteiger partial charge in [0, 0.05) is 12.2 Å². The number of aliphatic carboxylic acids is 2. The highest BCUT2D eigenvalue weighted by Crippen LogP contribution is 2.29. The van der Waals surface area contributed by atoms with Crippen molar-refractivity contribution in [2.24, 2.45) is 0 Å². The molecule has 0 aliphatic carbocycles. The topological polar surface area (TPSA) is 130 Å². The SMILES string of the molecule is COc1ccc(/C=C/C(=O)O)cc1OCCOCCOCCOc1cc(/C=C/C(=O)O)ccc1OC. The molecule has 0 spiro atoms. The summed E-state index contributed by atoms with van der Waals surface area (Å²) in [5.74, 6) is -0.0265. The van der Waals surface area contributed by atoms with Gasteiger partial charge in [-0.05, 0) is 47.5 Å². The van der Waals surface area contributed by atoms with E-state index >= 15 is 0 Å². The van der Waals surface area contributed by atoms with Crippen molar-refractivity contribution in [1.82, 2.24) is 0 Å².